The van der Waals surface area contributed by atoms with Gasteiger partial charge in [-0.15, -0.1) is 9.59 Å². The van der Waals surface area contributed by atoms with E-state index < -0.39 is 87.1 Å². The second-order valence-corrected chi connectivity index (χ2v) is 24.8. The Hall–Kier alpha value is -8.30. The molecular formula is C60H70F2N14O8S2. The molecule has 0 radical (unpaired) electrons. The fourth-order valence-electron chi connectivity index (χ4n) is 10.4. The minimum atomic E-state index is -1.86. The van der Waals surface area contributed by atoms with Crippen molar-refractivity contribution in [3.05, 3.63) is 147 Å². The van der Waals surface area contributed by atoms with Crippen molar-refractivity contribution in [3.8, 4) is 22.1 Å². The van der Waals surface area contributed by atoms with Crippen LogP contribution in [-0.4, -0.2) is 85.4 Å². The number of thiophene rings is 2. The molecule has 22 nitrogen and oxygen atoms in total. The zero-order valence-electron chi connectivity index (χ0n) is 50.3. The summed E-state index contributed by atoms with van der Waals surface area (Å²) in [5.74, 6) is -3.52. The van der Waals surface area contributed by atoms with Gasteiger partial charge in [-0.05, 0) is 136 Å². The number of halogens is 2. The third-order valence-electron chi connectivity index (χ3n) is 15.1. The number of ether oxygens (including phenoxy) is 2. The van der Waals surface area contributed by atoms with E-state index in [-0.39, 0.29) is 59.2 Å². The van der Waals surface area contributed by atoms with Crippen LogP contribution in [0.15, 0.2) is 74.2 Å². The van der Waals surface area contributed by atoms with Gasteiger partial charge < -0.3 is 20.1 Å². The number of benzene rings is 2. The molecule has 5 atom stereocenters. The standard InChI is InChI=1S/C60H70F2N14O8S2/c1-14-38-16-18-40(61)23-43(38)45(83-30-33(5)25-63)28-71-53-47(36(8)51(85-53)75-65-20-21-66-75)49(77)74(58(71)82)60(12,13)56(80)69-35(7)22-42-27-67-76(70-42)52-37(9)48-50(78)73(59(10,11)55(79)68-32(3)4)57(81)72(54(48)86-52)29-46(84-31-34(6)26-64)44-24-41(62)19-17-39(44)15-2/h16-21,23-24,27,32-35,45-46H,14-15,22,28-31H2,1-13H3,(H,68,79)(H,69,80)/t33-,34+,35?,45+,46+/m1/s1. The highest BCUT2D eigenvalue weighted by molar-refractivity contribution is 7.21. The Bertz CT molecular complexity index is 4210. The molecule has 1 unspecified atom stereocenters. The van der Waals surface area contributed by atoms with Crippen molar-refractivity contribution >= 4 is 54.9 Å². The van der Waals surface area contributed by atoms with Crippen molar-refractivity contribution < 1.29 is 27.8 Å². The Balaban J connectivity index is 1.16. The van der Waals surface area contributed by atoms with Crippen LogP contribution < -0.4 is 33.1 Å². The highest BCUT2D eigenvalue weighted by atomic mass is 32.1. The van der Waals surface area contributed by atoms with Crippen LogP contribution >= 0.6 is 22.7 Å². The van der Waals surface area contributed by atoms with Crippen molar-refractivity contribution in [2.75, 3.05) is 13.2 Å². The summed E-state index contributed by atoms with van der Waals surface area (Å²) in [6.45, 7) is 20.9. The van der Waals surface area contributed by atoms with E-state index in [2.05, 4.69) is 38.1 Å². The maximum atomic E-state index is 15.2. The van der Waals surface area contributed by atoms with E-state index in [0.29, 0.717) is 50.8 Å². The Morgan fingerprint density at radius 3 is 1.51 bits per heavy atom. The first-order chi connectivity index (χ1) is 40.7. The number of fused-ring (bicyclic) bond motifs is 2. The van der Waals surface area contributed by atoms with E-state index in [1.807, 2.05) is 13.8 Å². The van der Waals surface area contributed by atoms with Gasteiger partial charge in [-0.2, -0.15) is 30.9 Å². The molecule has 2 N–H and O–H groups in total. The number of nitrogens with one attached hydrogen (secondary N) is 2. The smallest absolute Gasteiger partial charge is 0.333 e. The summed E-state index contributed by atoms with van der Waals surface area (Å²) >= 11 is 2.12. The topological polar surface area (TPSA) is 274 Å². The quantitative estimate of drug-likeness (QED) is 0.0592. The Morgan fingerprint density at radius 1 is 0.663 bits per heavy atom. The van der Waals surface area contributed by atoms with Gasteiger partial charge in [-0.1, -0.05) is 48.7 Å². The lowest BCUT2D eigenvalue weighted by atomic mass is 9.99. The molecule has 2 amide bonds. The number of hydrogen-bond acceptors (Lipinski definition) is 16. The SMILES string of the molecule is CCc1ccc(F)cc1[C@H](Cn1c(=O)n(C(C)(C)C(=O)NC(C)C)c(=O)c2c(C)c(-n3ncc(CC(C)NC(=O)C(C)(C)n4c(=O)c5c(C)c(-n6nccn6)sc5n(C[C@H](OC[C@H](C)C#N)c5cc(F)ccc5CC)c4=O)n3)sc21)OC[C@@H](C)C#N. The maximum absolute atomic E-state index is 15.2. The summed E-state index contributed by atoms with van der Waals surface area (Å²) < 4.78 is 47.4. The monoisotopic (exact) mass is 1220 g/mol. The first-order valence-electron chi connectivity index (χ1n) is 28.3. The number of nitriles is 2. The van der Waals surface area contributed by atoms with Gasteiger partial charge in [0.1, 0.15) is 54.6 Å². The van der Waals surface area contributed by atoms with Crippen LogP contribution in [0.3, 0.4) is 0 Å². The number of rotatable bonds is 24. The van der Waals surface area contributed by atoms with Gasteiger partial charge in [0.25, 0.3) is 11.1 Å². The molecule has 2 aromatic carbocycles. The molecule has 0 bridgehead atoms. The normalized spacial score (nSPS) is 13.8. The largest absolute Gasteiger partial charge is 0.370 e. The molecule has 0 aliphatic heterocycles. The molecule has 8 aromatic rings. The van der Waals surface area contributed by atoms with E-state index >= 15 is 18.4 Å². The van der Waals surface area contributed by atoms with Gasteiger partial charge in [0.05, 0.1) is 85.3 Å². The summed E-state index contributed by atoms with van der Waals surface area (Å²) in [4.78, 5) is 91.7. The van der Waals surface area contributed by atoms with Gasteiger partial charge in [0, 0.05) is 29.6 Å². The van der Waals surface area contributed by atoms with Gasteiger partial charge in [0.2, 0.25) is 11.8 Å². The molecule has 0 aliphatic rings. The van der Waals surface area contributed by atoms with Crippen molar-refractivity contribution in [1.82, 2.24) is 58.9 Å². The van der Waals surface area contributed by atoms with Crippen LogP contribution in [0.4, 0.5) is 8.78 Å². The fourth-order valence-corrected chi connectivity index (χ4v) is 12.8. The van der Waals surface area contributed by atoms with Crippen molar-refractivity contribution in [3.63, 3.8) is 0 Å². The van der Waals surface area contributed by atoms with Crippen LogP contribution in [0.2, 0.25) is 0 Å². The lowest BCUT2D eigenvalue weighted by molar-refractivity contribution is -0.130. The maximum Gasteiger partial charge on any atom is 0.333 e. The molecule has 0 fully saturated rings. The van der Waals surface area contributed by atoms with Crippen LogP contribution in [0.25, 0.3) is 30.4 Å². The average Bonchev–Trinajstić information content (AvgIpc) is 1.52. The minimum Gasteiger partial charge on any atom is -0.370 e. The number of carbonyl (C=O) groups is 2. The van der Waals surface area contributed by atoms with Crippen molar-refractivity contribution in [2.24, 2.45) is 11.8 Å². The Morgan fingerprint density at radius 2 is 1.09 bits per heavy atom. The molecular weight excluding hydrogens is 1150 g/mol. The molecule has 6 aromatic heterocycles. The van der Waals surface area contributed by atoms with Gasteiger partial charge in [-0.3, -0.25) is 28.3 Å². The number of carbonyl (C=O) groups excluding carboxylic acids is 2. The summed E-state index contributed by atoms with van der Waals surface area (Å²) in [7, 11) is 0. The van der Waals surface area contributed by atoms with Crippen LogP contribution in [0, 0.1) is 60.0 Å². The summed E-state index contributed by atoms with van der Waals surface area (Å²) in [5, 5.41) is 44.0. The average molecular weight is 1220 g/mol. The Kier molecular flexibility index (Phi) is 19.1. The van der Waals surface area contributed by atoms with E-state index in [0.717, 1.165) is 42.9 Å². The zero-order valence-corrected chi connectivity index (χ0v) is 51.9. The molecule has 0 aliphatic carbocycles. The molecule has 0 spiro atoms. The first kappa shape index (κ1) is 63.7. The van der Waals surface area contributed by atoms with Crippen molar-refractivity contribution in [2.45, 2.75) is 158 Å². The van der Waals surface area contributed by atoms with E-state index in [1.54, 1.807) is 60.6 Å². The lowest BCUT2D eigenvalue weighted by Crippen LogP contribution is -2.57. The summed E-state index contributed by atoms with van der Waals surface area (Å²) in [6.07, 6.45) is 3.46. The van der Waals surface area contributed by atoms with E-state index in [4.69, 9.17) is 14.6 Å². The predicted octanol–water partition coefficient (Wildman–Crippen LogP) is 7.52. The van der Waals surface area contributed by atoms with Gasteiger partial charge in [0.15, 0.2) is 0 Å². The number of nitrogens with zero attached hydrogens (tertiary/aromatic N) is 12. The third kappa shape index (κ3) is 12.5. The number of amides is 2. The fraction of sp³-hybridized carbons (Fsp3) is 0.467. The molecule has 86 heavy (non-hydrogen) atoms. The second-order valence-electron chi connectivity index (χ2n) is 22.9. The molecule has 8 rings (SSSR count). The second kappa shape index (κ2) is 25.7. The van der Waals surface area contributed by atoms with Gasteiger partial charge in [-0.25, -0.2) is 27.5 Å². The molecule has 26 heteroatoms. The van der Waals surface area contributed by atoms with Crippen LogP contribution in [0.5, 0.6) is 0 Å². The van der Waals surface area contributed by atoms with Crippen LogP contribution in [0.1, 0.15) is 127 Å². The molecule has 6 heterocycles. The highest BCUT2D eigenvalue weighted by Crippen LogP contribution is 2.36. The minimum absolute atomic E-state index is 0.0597. The Labute approximate surface area is 502 Å². The summed E-state index contributed by atoms with van der Waals surface area (Å²) in [6, 6.07) is 11.8. The zero-order chi connectivity index (χ0) is 62.9. The lowest BCUT2D eigenvalue weighted by Gasteiger charge is -2.29. The first-order valence-corrected chi connectivity index (χ1v) is 29.9. The van der Waals surface area contributed by atoms with E-state index in [1.165, 1.54) is 89.3 Å². The number of hydrogen-bond donors (Lipinski definition) is 2. The highest BCUT2D eigenvalue weighted by Gasteiger charge is 2.39. The molecule has 454 valence electrons. The molecule has 0 saturated heterocycles. The number of aromatic nitrogens is 10. The summed E-state index contributed by atoms with van der Waals surface area (Å²) in [5.41, 5.74) is -3.25. The third-order valence-corrected chi connectivity index (χ3v) is 17.7. The van der Waals surface area contributed by atoms with Gasteiger partial charge >= 0.3 is 11.4 Å². The van der Waals surface area contributed by atoms with Crippen molar-refractivity contribution in [1.29, 1.82) is 10.5 Å². The van der Waals surface area contributed by atoms with E-state index in [9.17, 15) is 29.7 Å². The molecule has 0 saturated carbocycles. The predicted molar refractivity (Wildman–Crippen MR) is 322 cm³/mol. The number of aryl methyl sites for hydroxylation is 4. The van der Waals surface area contributed by atoms with Crippen LogP contribution in [-0.2, 0) is 62.5 Å².